The van der Waals surface area contributed by atoms with Crippen molar-refractivity contribution in [2.45, 2.75) is 39.6 Å². The van der Waals surface area contributed by atoms with Crippen molar-refractivity contribution in [3.8, 4) is 0 Å². The molecule has 0 aromatic carbocycles. The molecule has 0 atom stereocenters. The zero-order valence-electron chi connectivity index (χ0n) is 7.94. The summed E-state index contributed by atoms with van der Waals surface area (Å²) >= 11 is 0. The lowest BCUT2D eigenvalue weighted by molar-refractivity contribution is 1.60. The van der Waals surface area contributed by atoms with Crippen LogP contribution in [-0.2, 0) is 0 Å². The van der Waals surface area contributed by atoms with Crippen LogP contribution in [0.15, 0.2) is 11.8 Å². The second kappa shape index (κ2) is 4.02. The first-order chi connectivity index (χ1) is 4.42. The Labute approximate surface area is 66.8 Å². The molecule has 10 heavy (non-hydrogen) atoms. The van der Waals surface area contributed by atoms with Crippen LogP contribution < -0.4 is 0 Å². The van der Waals surface area contributed by atoms with E-state index in [1.54, 1.807) is 0 Å². The highest BCUT2D eigenvalue weighted by atomic mass is 28.3. The molecule has 0 saturated heterocycles. The average molecular weight is 154 g/mol. The fourth-order valence-corrected chi connectivity index (χ4v) is 1.54. The number of hydrogen-bond acceptors (Lipinski definition) is 0. The zero-order chi connectivity index (χ0) is 8.20. The molecule has 0 amide bonds. The summed E-state index contributed by atoms with van der Waals surface area (Å²) in [6, 6.07) is 0. The second-order valence-corrected chi connectivity index (χ2v) is 9.46. The quantitative estimate of drug-likeness (QED) is 0.547. The van der Waals surface area contributed by atoms with E-state index in [-0.39, 0.29) is 0 Å². The van der Waals surface area contributed by atoms with Crippen LogP contribution in [0.1, 0.15) is 0 Å². The molecular weight excluding hydrogens is 135 g/mol. The van der Waals surface area contributed by atoms with Gasteiger partial charge in [-0.1, -0.05) is 51.4 Å². The van der Waals surface area contributed by atoms with Crippen molar-refractivity contribution in [2.24, 2.45) is 0 Å². The summed E-state index contributed by atoms with van der Waals surface area (Å²) in [7, 11) is -0.905. The summed E-state index contributed by atoms with van der Waals surface area (Å²) < 4.78 is 0. The molecule has 2 heteroatoms. The Morgan fingerprint density at radius 2 is 1.70 bits per heavy atom. The fraction of sp³-hybridized carbons (Fsp3) is 0.750. The van der Waals surface area contributed by atoms with Gasteiger partial charge in [-0.2, -0.15) is 0 Å². The lowest BCUT2D eigenvalue weighted by Crippen LogP contribution is -2.15. The third-order valence-electron chi connectivity index (χ3n) is 1.23. The van der Waals surface area contributed by atoms with E-state index in [1.165, 1.54) is 6.32 Å². The number of allylic oxidation sites excluding steroid dienone is 1. The fourth-order valence-electron chi connectivity index (χ4n) is 0.694. The third-order valence-corrected chi connectivity index (χ3v) is 2.46. The normalized spacial score (nSPS) is 12.5. The van der Waals surface area contributed by atoms with Crippen LogP contribution in [0, 0.1) is 0 Å². The molecule has 0 rings (SSSR count). The zero-order valence-corrected chi connectivity index (χ0v) is 8.94. The lowest BCUT2D eigenvalue weighted by atomic mass is 9.52. The van der Waals surface area contributed by atoms with E-state index in [4.69, 9.17) is 0 Å². The van der Waals surface area contributed by atoms with E-state index in [9.17, 15) is 0 Å². The van der Waals surface area contributed by atoms with Crippen LogP contribution in [0.5, 0.6) is 0 Å². The van der Waals surface area contributed by atoms with Crippen molar-refractivity contribution in [3.63, 3.8) is 0 Å². The molecule has 0 aliphatic heterocycles. The largest absolute Gasteiger partial charge is 0.137 e. The van der Waals surface area contributed by atoms with Gasteiger partial charge in [0.15, 0.2) is 0 Å². The molecule has 0 saturated carbocycles. The Morgan fingerprint density at radius 1 is 1.20 bits per heavy atom. The summed E-state index contributed by atoms with van der Waals surface area (Å²) in [4.78, 5) is 0. The molecule has 0 unspecified atom stereocenters. The van der Waals surface area contributed by atoms with Crippen molar-refractivity contribution in [3.05, 3.63) is 11.8 Å². The van der Waals surface area contributed by atoms with Gasteiger partial charge < -0.3 is 0 Å². The third kappa shape index (κ3) is 8.02. The van der Waals surface area contributed by atoms with E-state index >= 15 is 0 Å². The summed E-state index contributed by atoms with van der Waals surface area (Å²) in [5.41, 5.74) is 2.42. The molecule has 0 heterocycles. The monoisotopic (exact) mass is 154 g/mol. The van der Waals surface area contributed by atoms with E-state index in [0.717, 1.165) is 6.71 Å². The van der Waals surface area contributed by atoms with Gasteiger partial charge in [-0.15, -0.1) is 0 Å². The molecule has 0 aromatic heterocycles. The van der Waals surface area contributed by atoms with Crippen LogP contribution in [0.4, 0.5) is 0 Å². The molecule has 0 nitrogen and oxygen atoms in total. The van der Waals surface area contributed by atoms with Gasteiger partial charge in [-0.05, 0) is 0 Å². The van der Waals surface area contributed by atoms with Crippen molar-refractivity contribution in [1.82, 2.24) is 0 Å². The lowest BCUT2D eigenvalue weighted by Gasteiger charge is -2.07. The van der Waals surface area contributed by atoms with Gasteiger partial charge in [0.2, 0.25) is 0 Å². The smallest absolute Gasteiger partial charge is 0.0996 e. The van der Waals surface area contributed by atoms with E-state index < -0.39 is 8.07 Å². The van der Waals surface area contributed by atoms with Crippen molar-refractivity contribution in [2.75, 3.05) is 0 Å². The maximum absolute atomic E-state index is 2.42. The molecule has 0 aliphatic carbocycles. The van der Waals surface area contributed by atoms with Crippen molar-refractivity contribution in [1.29, 1.82) is 0 Å². The van der Waals surface area contributed by atoms with Crippen LogP contribution in [0.3, 0.4) is 0 Å². The SMILES string of the molecule is CB(C)CC=C[Si](C)(C)C. The first kappa shape index (κ1) is 10.0. The number of hydrogen-bond donors (Lipinski definition) is 0. The molecule has 0 radical (unpaired) electrons. The van der Waals surface area contributed by atoms with Gasteiger partial charge >= 0.3 is 0 Å². The predicted molar refractivity (Wildman–Crippen MR) is 54.8 cm³/mol. The Kier molecular flexibility index (Phi) is 4.03. The summed E-state index contributed by atoms with van der Waals surface area (Å²) in [5, 5.41) is 0. The van der Waals surface area contributed by atoms with Gasteiger partial charge in [-0.25, -0.2) is 0 Å². The van der Waals surface area contributed by atoms with Gasteiger partial charge in [0, 0.05) is 0 Å². The summed E-state index contributed by atoms with van der Waals surface area (Å²) in [6.07, 6.45) is 3.58. The Balaban J connectivity index is 3.57. The molecule has 0 bridgehead atoms. The van der Waals surface area contributed by atoms with Gasteiger partial charge in [0.05, 0.1) is 8.07 Å². The topological polar surface area (TPSA) is 0 Å². The van der Waals surface area contributed by atoms with Gasteiger partial charge in [-0.3, -0.25) is 0 Å². The average Bonchev–Trinajstić information content (AvgIpc) is 1.59. The van der Waals surface area contributed by atoms with Gasteiger partial charge in [0.1, 0.15) is 6.71 Å². The minimum atomic E-state index is -0.905. The van der Waals surface area contributed by atoms with Crippen LogP contribution in [-0.4, -0.2) is 14.8 Å². The molecule has 58 valence electrons. The highest BCUT2D eigenvalue weighted by Gasteiger charge is 2.06. The van der Waals surface area contributed by atoms with Gasteiger partial charge in [0.25, 0.3) is 0 Å². The van der Waals surface area contributed by atoms with Crippen LogP contribution in [0.2, 0.25) is 39.6 Å². The highest BCUT2D eigenvalue weighted by molar-refractivity contribution is 6.81. The maximum Gasteiger partial charge on any atom is 0.137 e. The summed E-state index contributed by atoms with van der Waals surface area (Å²) in [5.74, 6) is 0. The standard InChI is InChI=1S/C8H19BSi/c1-9(2)7-6-8-10(3,4)5/h6,8H,7H2,1-5H3. The Morgan fingerprint density at radius 3 is 2.00 bits per heavy atom. The molecule has 0 spiro atoms. The van der Waals surface area contributed by atoms with Crippen LogP contribution in [0.25, 0.3) is 0 Å². The maximum atomic E-state index is 2.42. The predicted octanol–water partition coefficient (Wildman–Crippen LogP) is 3.17. The summed E-state index contributed by atoms with van der Waals surface area (Å²) in [6.45, 7) is 12.4. The second-order valence-electron chi connectivity index (χ2n) is 4.40. The molecule has 0 aromatic rings. The Bertz CT molecular complexity index is 111. The molecule has 0 aliphatic rings. The van der Waals surface area contributed by atoms with Crippen LogP contribution >= 0.6 is 0 Å². The minimum Gasteiger partial charge on any atom is -0.0996 e. The van der Waals surface area contributed by atoms with E-state index in [2.05, 4.69) is 45.1 Å². The van der Waals surface area contributed by atoms with Crippen molar-refractivity contribution < 1.29 is 0 Å². The van der Waals surface area contributed by atoms with Crippen molar-refractivity contribution >= 4 is 14.8 Å². The van der Waals surface area contributed by atoms with E-state index in [1.807, 2.05) is 0 Å². The highest BCUT2D eigenvalue weighted by Crippen LogP contribution is 2.03. The first-order valence-corrected chi connectivity index (χ1v) is 7.67. The number of rotatable bonds is 3. The Hall–Kier alpha value is 0.0218. The molecular formula is C8H19BSi. The minimum absolute atomic E-state index is 0.813. The first-order valence-electron chi connectivity index (χ1n) is 4.09. The van der Waals surface area contributed by atoms with E-state index in [0.29, 0.717) is 0 Å². The molecule has 0 fully saturated rings. The molecule has 0 N–H and O–H groups in total.